The van der Waals surface area contributed by atoms with Gasteiger partial charge in [0.1, 0.15) is 11.9 Å². The molecule has 1 atom stereocenters. The number of carbonyl (C=O) groups is 3. The molecule has 1 aliphatic heterocycles. The molecule has 3 rings (SSSR count). The van der Waals surface area contributed by atoms with Crippen LogP contribution in [0.25, 0.3) is 0 Å². The Labute approximate surface area is 203 Å². The van der Waals surface area contributed by atoms with E-state index >= 15 is 0 Å². The number of anilines is 1. The average molecular weight is 491 g/mol. The van der Waals surface area contributed by atoms with Gasteiger partial charge < -0.3 is 20.3 Å². The molecule has 1 fully saturated rings. The monoisotopic (exact) mass is 490 g/mol. The molecule has 3 amide bonds. The van der Waals surface area contributed by atoms with E-state index in [1.807, 2.05) is 26.2 Å². The number of rotatable bonds is 7. The fraction of sp³-hybridized carbons (Fsp3) is 0.458. The second-order valence-corrected chi connectivity index (χ2v) is 10.0. The Bertz CT molecular complexity index is 987. The predicted octanol–water partition coefficient (Wildman–Crippen LogP) is 2.64. The van der Waals surface area contributed by atoms with Crippen LogP contribution in [0.5, 0.6) is 0 Å². The van der Waals surface area contributed by atoms with Crippen molar-refractivity contribution in [2.75, 3.05) is 44.7 Å². The number of para-hydroxylation sites is 1. The number of nitrogens with one attached hydrogen (secondary N) is 2. The molecular weight excluding hydrogens is 459 g/mol. The molecule has 34 heavy (non-hydrogen) atoms. The summed E-state index contributed by atoms with van der Waals surface area (Å²) in [7, 11) is 0. The van der Waals surface area contributed by atoms with E-state index in [0.717, 1.165) is 0 Å². The number of hydrogen-bond acceptors (Lipinski definition) is 6. The van der Waals surface area contributed by atoms with E-state index in [4.69, 9.17) is 4.74 Å². The van der Waals surface area contributed by atoms with Gasteiger partial charge in [0.2, 0.25) is 5.91 Å². The summed E-state index contributed by atoms with van der Waals surface area (Å²) in [5, 5.41) is 7.09. The topological polar surface area (TPSA) is 91.0 Å². The van der Waals surface area contributed by atoms with E-state index in [2.05, 4.69) is 15.5 Å². The van der Waals surface area contributed by atoms with E-state index < -0.39 is 29.2 Å². The third-order valence-electron chi connectivity index (χ3n) is 5.21. The van der Waals surface area contributed by atoms with Crippen molar-refractivity contribution in [1.82, 2.24) is 15.1 Å². The van der Waals surface area contributed by atoms with Crippen molar-refractivity contribution in [2.24, 2.45) is 0 Å². The van der Waals surface area contributed by atoms with Gasteiger partial charge in [-0.15, -0.1) is 11.3 Å². The Morgan fingerprint density at radius 2 is 1.85 bits per heavy atom. The number of carbonyl (C=O) groups excluding carboxylic acids is 3. The zero-order valence-electron chi connectivity index (χ0n) is 19.7. The fourth-order valence-corrected chi connectivity index (χ4v) is 4.43. The molecule has 1 aromatic carbocycles. The summed E-state index contributed by atoms with van der Waals surface area (Å²) in [6.45, 7) is 8.71. The first-order valence-electron chi connectivity index (χ1n) is 11.2. The summed E-state index contributed by atoms with van der Waals surface area (Å²) in [6.07, 6.45) is 0. The van der Waals surface area contributed by atoms with Gasteiger partial charge in [-0.2, -0.15) is 0 Å². The van der Waals surface area contributed by atoms with Crippen LogP contribution in [-0.2, 0) is 19.1 Å². The molecule has 2 aromatic rings. The molecule has 1 aromatic heterocycles. The first-order chi connectivity index (χ1) is 16.2. The summed E-state index contributed by atoms with van der Waals surface area (Å²) in [4.78, 5) is 43.7. The molecule has 0 bridgehead atoms. The largest absolute Gasteiger partial charge is 0.379 e. The Kier molecular flexibility index (Phi) is 8.76. The number of morpholine rings is 1. The molecule has 1 aliphatic rings. The van der Waals surface area contributed by atoms with Gasteiger partial charge in [-0.05, 0) is 44.4 Å². The van der Waals surface area contributed by atoms with Crippen molar-refractivity contribution in [2.45, 2.75) is 32.4 Å². The SMILES string of the molecule is CC(C)(C)NC(=O)C(c1cccs1)N(CCN1CCOCC1)C(=O)C(=O)Nc1ccccc1F. The number of hydrogen-bond donors (Lipinski definition) is 2. The highest BCUT2D eigenvalue weighted by Gasteiger charge is 2.37. The minimum atomic E-state index is -1.00. The van der Waals surface area contributed by atoms with Gasteiger partial charge in [-0.3, -0.25) is 19.3 Å². The van der Waals surface area contributed by atoms with Gasteiger partial charge >= 0.3 is 11.8 Å². The van der Waals surface area contributed by atoms with E-state index in [1.165, 1.54) is 34.4 Å². The molecule has 0 saturated carbocycles. The summed E-state index contributed by atoms with van der Waals surface area (Å²) in [5.41, 5.74) is -0.637. The Morgan fingerprint density at radius 3 is 2.47 bits per heavy atom. The van der Waals surface area contributed by atoms with Crippen molar-refractivity contribution in [3.63, 3.8) is 0 Å². The van der Waals surface area contributed by atoms with Gasteiger partial charge in [0.05, 0.1) is 18.9 Å². The van der Waals surface area contributed by atoms with Crippen LogP contribution in [0.3, 0.4) is 0 Å². The highest BCUT2D eigenvalue weighted by atomic mass is 32.1. The normalized spacial score (nSPS) is 15.4. The summed E-state index contributed by atoms with van der Waals surface area (Å²) >= 11 is 1.33. The van der Waals surface area contributed by atoms with Crippen LogP contribution in [0.1, 0.15) is 31.7 Å². The molecule has 184 valence electrons. The van der Waals surface area contributed by atoms with Crippen molar-refractivity contribution in [1.29, 1.82) is 0 Å². The van der Waals surface area contributed by atoms with Crippen molar-refractivity contribution >= 4 is 34.7 Å². The number of benzene rings is 1. The zero-order valence-corrected chi connectivity index (χ0v) is 20.5. The summed E-state index contributed by atoms with van der Waals surface area (Å²) in [6, 6.07) is 8.18. The van der Waals surface area contributed by atoms with Crippen molar-refractivity contribution in [3.8, 4) is 0 Å². The maximum Gasteiger partial charge on any atom is 0.314 e. The first-order valence-corrected chi connectivity index (χ1v) is 12.1. The Morgan fingerprint density at radius 1 is 1.15 bits per heavy atom. The lowest BCUT2D eigenvalue weighted by Crippen LogP contribution is -2.53. The molecule has 2 N–H and O–H groups in total. The molecule has 1 saturated heterocycles. The number of thiophene rings is 1. The molecule has 8 nitrogen and oxygen atoms in total. The lowest BCUT2D eigenvalue weighted by Gasteiger charge is -2.34. The van der Waals surface area contributed by atoms with E-state index in [9.17, 15) is 18.8 Å². The third kappa shape index (κ3) is 7.09. The number of nitrogens with zero attached hydrogens (tertiary/aromatic N) is 2. The lowest BCUT2D eigenvalue weighted by atomic mass is 10.1. The van der Waals surface area contributed by atoms with Crippen molar-refractivity contribution < 1.29 is 23.5 Å². The number of ether oxygens (including phenoxy) is 1. The molecular formula is C24H31FN4O4S. The highest BCUT2D eigenvalue weighted by Crippen LogP contribution is 2.27. The minimum absolute atomic E-state index is 0.0965. The maximum atomic E-state index is 14.1. The number of amides is 3. The van der Waals surface area contributed by atoms with Crippen LogP contribution < -0.4 is 10.6 Å². The minimum Gasteiger partial charge on any atom is -0.379 e. The quantitative estimate of drug-likeness (QED) is 0.583. The van der Waals surface area contributed by atoms with E-state index in [0.29, 0.717) is 37.7 Å². The summed E-state index contributed by atoms with van der Waals surface area (Å²) < 4.78 is 19.5. The zero-order chi connectivity index (χ0) is 24.7. The third-order valence-corrected chi connectivity index (χ3v) is 6.13. The second-order valence-electron chi connectivity index (χ2n) is 9.04. The first kappa shape index (κ1) is 25.8. The number of halogens is 1. The molecule has 2 heterocycles. The van der Waals surface area contributed by atoms with Crippen LogP contribution in [0.4, 0.5) is 10.1 Å². The van der Waals surface area contributed by atoms with Crippen LogP contribution in [0.15, 0.2) is 41.8 Å². The van der Waals surface area contributed by atoms with Gasteiger partial charge in [0, 0.05) is 36.6 Å². The van der Waals surface area contributed by atoms with Gasteiger partial charge in [0.15, 0.2) is 0 Å². The lowest BCUT2D eigenvalue weighted by molar-refractivity contribution is -0.148. The van der Waals surface area contributed by atoms with Crippen LogP contribution >= 0.6 is 11.3 Å². The summed E-state index contributed by atoms with van der Waals surface area (Å²) in [5.74, 6) is -2.94. The smallest absolute Gasteiger partial charge is 0.314 e. The maximum absolute atomic E-state index is 14.1. The van der Waals surface area contributed by atoms with E-state index in [1.54, 1.807) is 18.2 Å². The Balaban J connectivity index is 1.89. The van der Waals surface area contributed by atoms with Gasteiger partial charge in [-0.1, -0.05) is 18.2 Å². The van der Waals surface area contributed by atoms with Gasteiger partial charge in [-0.25, -0.2) is 4.39 Å². The van der Waals surface area contributed by atoms with Crippen LogP contribution in [0.2, 0.25) is 0 Å². The molecule has 0 spiro atoms. The van der Waals surface area contributed by atoms with Gasteiger partial charge in [0.25, 0.3) is 0 Å². The van der Waals surface area contributed by atoms with E-state index in [-0.39, 0.29) is 18.1 Å². The second kappa shape index (κ2) is 11.5. The molecule has 1 unspecified atom stereocenters. The molecule has 0 aliphatic carbocycles. The predicted molar refractivity (Wildman–Crippen MR) is 129 cm³/mol. The Hall–Kier alpha value is -2.82. The molecule has 0 radical (unpaired) electrons. The van der Waals surface area contributed by atoms with Crippen LogP contribution in [-0.4, -0.2) is 72.5 Å². The highest BCUT2D eigenvalue weighted by molar-refractivity contribution is 7.10. The van der Waals surface area contributed by atoms with Crippen molar-refractivity contribution in [3.05, 3.63) is 52.5 Å². The van der Waals surface area contributed by atoms with Crippen LogP contribution in [0, 0.1) is 5.82 Å². The average Bonchev–Trinajstić information content (AvgIpc) is 3.31. The fourth-order valence-electron chi connectivity index (χ4n) is 3.60. The standard InChI is InChI=1S/C24H31FN4O4S/c1-24(2,3)27-21(30)20(19-9-6-16-34-19)29(11-10-28-12-14-33-15-13-28)23(32)22(31)26-18-8-5-4-7-17(18)25/h4-9,16,20H,10-15H2,1-3H3,(H,26,31)(H,27,30). The molecule has 10 heteroatoms.